The molecule has 4 nitrogen and oxygen atoms in total. The Bertz CT molecular complexity index is 613. The van der Waals surface area contributed by atoms with Crippen LogP contribution in [-0.2, 0) is 11.2 Å². The Labute approximate surface area is 106 Å². The van der Waals surface area contributed by atoms with Gasteiger partial charge in [0.2, 0.25) is 5.91 Å². The molecule has 1 amide bonds. The maximum atomic E-state index is 11.3. The maximum absolute atomic E-state index is 11.3. The summed E-state index contributed by atoms with van der Waals surface area (Å²) in [4.78, 5) is 15.7. The van der Waals surface area contributed by atoms with Crippen LogP contribution in [-0.4, -0.2) is 15.5 Å². The Morgan fingerprint density at radius 3 is 3.00 bits per heavy atom. The van der Waals surface area contributed by atoms with E-state index < -0.39 is 0 Å². The number of hydrogen-bond donors (Lipinski definition) is 1. The van der Waals surface area contributed by atoms with E-state index in [4.69, 9.17) is 0 Å². The molecule has 1 aliphatic rings. The Balaban J connectivity index is 2.06. The molecule has 1 aromatic carbocycles. The van der Waals surface area contributed by atoms with Crippen LogP contribution in [0.15, 0.2) is 30.6 Å². The average molecular weight is 241 g/mol. The fourth-order valence-corrected chi connectivity index (χ4v) is 2.33. The highest BCUT2D eigenvalue weighted by molar-refractivity contribution is 5.99. The number of amides is 1. The molecule has 1 aliphatic heterocycles. The third-order valence-electron chi connectivity index (χ3n) is 3.18. The van der Waals surface area contributed by atoms with E-state index in [9.17, 15) is 4.79 Å². The van der Waals surface area contributed by atoms with Gasteiger partial charge in [0.25, 0.3) is 0 Å². The van der Waals surface area contributed by atoms with Crippen molar-refractivity contribution < 1.29 is 4.79 Å². The van der Waals surface area contributed by atoms with Gasteiger partial charge in [0, 0.05) is 29.7 Å². The van der Waals surface area contributed by atoms with E-state index >= 15 is 0 Å². The molecule has 0 aliphatic carbocycles. The van der Waals surface area contributed by atoms with E-state index in [0.29, 0.717) is 12.3 Å². The molecular weight excluding hydrogens is 226 g/mol. The number of nitrogens with zero attached hydrogens (tertiary/aromatic N) is 2. The second-order valence-electron chi connectivity index (χ2n) is 4.88. The molecule has 0 saturated heterocycles. The van der Waals surface area contributed by atoms with E-state index in [-0.39, 0.29) is 5.91 Å². The molecule has 0 spiro atoms. The zero-order valence-corrected chi connectivity index (χ0v) is 10.5. The number of benzene rings is 1. The molecule has 2 aromatic rings. The molecule has 0 atom stereocenters. The number of carbonyl (C=O) groups excluding carboxylic acids is 1. The monoisotopic (exact) mass is 241 g/mol. The second-order valence-corrected chi connectivity index (χ2v) is 4.88. The van der Waals surface area contributed by atoms with Crippen molar-refractivity contribution in [3.05, 3.63) is 42.0 Å². The van der Waals surface area contributed by atoms with E-state index in [0.717, 1.165) is 22.8 Å². The van der Waals surface area contributed by atoms with Crippen LogP contribution in [0.4, 0.5) is 5.69 Å². The summed E-state index contributed by atoms with van der Waals surface area (Å²) >= 11 is 0. The zero-order valence-electron chi connectivity index (χ0n) is 10.5. The lowest BCUT2D eigenvalue weighted by Crippen LogP contribution is -2.03. The molecule has 1 N–H and O–H groups in total. The number of carbonyl (C=O) groups is 1. The fraction of sp³-hybridized carbons (Fsp3) is 0.286. The van der Waals surface area contributed by atoms with Crippen molar-refractivity contribution in [1.82, 2.24) is 9.55 Å². The van der Waals surface area contributed by atoms with Crippen LogP contribution in [0.2, 0.25) is 0 Å². The Morgan fingerprint density at radius 1 is 1.39 bits per heavy atom. The van der Waals surface area contributed by atoms with Crippen LogP contribution in [0, 0.1) is 0 Å². The Kier molecular flexibility index (Phi) is 2.44. The van der Waals surface area contributed by atoms with Crippen molar-refractivity contribution in [2.75, 3.05) is 5.32 Å². The highest BCUT2D eigenvalue weighted by Crippen LogP contribution is 2.26. The molecule has 1 aromatic heterocycles. The number of aromatic nitrogens is 2. The molecule has 4 heteroatoms. The molecule has 0 unspecified atom stereocenters. The van der Waals surface area contributed by atoms with E-state index in [2.05, 4.69) is 34.8 Å². The molecule has 0 bridgehead atoms. The predicted molar refractivity (Wildman–Crippen MR) is 70.0 cm³/mol. The average Bonchev–Trinajstić information content (AvgIpc) is 2.91. The number of fused-ring (bicyclic) bond motifs is 1. The first-order valence-corrected chi connectivity index (χ1v) is 6.11. The third-order valence-corrected chi connectivity index (χ3v) is 3.18. The summed E-state index contributed by atoms with van der Waals surface area (Å²) in [5.41, 5.74) is 3.04. The normalized spacial score (nSPS) is 13.8. The van der Waals surface area contributed by atoms with Crippen molar-refractivity contribution in [3.63, 3.8) is 0 Å². The van der Waals surface area contributed by atoms with E-state index in [1.165, 1.54) is 0 Å². The SMILES string of the molecule is CC(C)c1nccn1-c1ccc2c(c1)CC(=O)N2. The van der Waals surface area contributed by atoms with Crippen LogP contribution >= 0.6 is 0 Å². The van der Waals surface area contributed by atoms with Crippen molar-refractivity contribution >= 4 is 11.6 Å². The van der Waals surface area contributed by atoms with E-state index in [1.54, 1.807) is 0 Å². The largest absolute Gasteiger partial charge is 0.326 e. The smallest absolute Gasteiger partial charge is 0.228 e. The first kappa shape index (κ1) is 11.0. The molecule has 3 rings (SSSR count). The van der Waals surface area contributed by atoms with Crippen molar-refractivity contribution in [3.8, 4) is 5.69 Å². The molecular formula is C14H15N3O. The summed E-state index contributed by atoms with van der Waals surface area (Å²) in [6.07, 6.45) is 4.24. The minimum Gasteiger partial charge on any atom is -0.326 e. The lowest BCUT2D eigenvalue weighted by Gasteiger charge is -2.11. The molecule has 92 valence electrons. The van der Waals surface area contributed by atoms with Gasteiger partial charge in [-0.2, -0.15) is 0 Å². The van der Waals surface area contributed by atoms with Gasteiger partial charge in [0.1, 0.15) is 5.82 Å². The summed E-state index contributed by atoms with van der Waals surface area (Å²) < 4.78 is 2.08. The summed E-state index contributed by atoms with van der Waals surface area (Å²) in [5, 5.41) is 2.84. The summed E-state index contributed by atoms with van der Waals surface area (Å²) in [6, 6.07) is 6.03. The van der Waals surface area contributed by atoms with Gasteiger partial charge in [-0.3, -0.25) is 4.79 Å². The number of hydrogen-bond acceptors (Lipinski definition) is 2. The van der Waals surface area contributed by atoms with Gasteiger partial charge < -0.3 is 9.88 Å². The molecule has 0 saturated carbocycles. The number of nitrogens with one attached hydrogen (secondary N) is 1. The third kappa shape index (κ3) is 1.70. The molecule has 2 heterocycles. The van der Waals surface area contributed by atoms with Crippen LogP contribution in [0.1, 0.15) is 31.2 Å². The highest BCUT2D eigenvalue weighted by atomic mass is 16.1. The quantitative estimate of drug-likeness (QED) is 0.878. The van der Waals surface area contributed by atoms with Crippen LogP contribution in [0.5, 0.6) is 0 Å². The van der Waals surface area contributed by atoms with Crippen molar-refractivity contribution in [2.45, 2.75) is 26.2 Å². The molecule has 0 fully saturated rings. The van der Waals surface area contributed by atoms with Gasteiger partial charge in [0.15, 0.2) is 0 Å². The lowest BCUT2D eigenvalue weighted by atomic mass is 10.1. The summed E-state index contributed by atoms with van der Waals surface area (Å²) in [7, 11) is 0. The van der Waals surface area contributed by atoms with Crippen LogP contribution in [0.3, 0.4) is 0 Å². The van der Waals surface area contributed by atoms with Crippen LogP contribution in [0.25, 0.3) is 5.69 Å². The fourth-order valence-electron chi connectivity index (χ4n) is 2.33. The predicted octanol–water partition coefficient (Wildman–Crippen LogP) is 2.49. The maximum Gasteiger partial charge on any atom is 0.228 e. The number of anilines is 1. The minimum absolute atomic E-state index is 0.0665. The Morgan fingerprint density at radius 2 is 2.22 bits per heavy atom. The van der Waals surface area contributed by atoms with Crippen molar-refractivity contribution in [1.29, 1.82) is 0 Å². The lowest BCUT2D eigenvalue weighted by molar-refractivity contribution is -0.115. The van der Waals surface area contributed by atoms with Gasteiger partial charge in [-0.15, -0.1) is 0 Å². The summed E-state index contributed by atoms with van der Waals surface area (Å²) in [6.45, 7) is 4.24. The second kappa shape index (κ2) is 3.98. The summed E-state index contributed by atoms with van der Waals surface area (Å²) in [5.74, 6) is 1.47. The van der Waals surface area contributed by atoms with Gasteiger partial charge in [-0.1, -0.05) is 13.8 Å². The van der Waals surface area contributed by atoms with Gasteiger partial charge in [0.05, 0.1) is 6.42 Å². The van der Waals surface area contributed by atoms with Gasteiger partial charge >= 0.3 is 0 Å². The Hall–Kier alpha value is -2.10. The number of rotatable bonds is 2. The number of imidazole rings is 1. The standard InChI is InChI=1S/C14H15N3O/c1-9(2)14-15-5-6-17(14)11-3-4-12-10(7-11)8-13(18)16-12/h3-7,9H,8H2,1-2H3,(H,16,18). The molecule has 18 heavy (non-hydrogen) atoms. The minimum atomic E-state index is 0.0665. The first-order chi connectivity index (χ1) is 8.65. The highest BCUT2D eigenvalue weighted by Gasteiger charge is 2.18. The van der Waals surface area contributed by atoms with E-state index in [1.807, 2.05) is 24.5 Å². The molecule has 0 radical (unpaired) electrons. The van der Waals surface area contributed by atoms with Gasteiger partial charge in [-0.05, 0) is 23.8 Å². The zero-order chi connectivity index (χ0) is 12.7. The van der Waals surface area contributed by atoms with Crippen molar-refractivity contribution in [2.24, 2.45) is 0 Å². The van der Waals surface area contributed by atoms with Gasteiger partial charge in [-0.25, -0.2) is 4.98 Å². The topological polar surface area (TPSA) is 46.9 Å². The first-order valence-electron chi connectivity index (χ1n) is 6.11. The van der Waals surface area contributed by atoms with Crippen LogP contribution < -0.4 is 5.32 Å².